The molecule has 1 N–H and O–H groups in total. The highest BCUT2D eigenvalue weighted by Crippen LogP contribution is 2.42. The van der Waals surface area contributed by atoms with Gasteiger partial charge in [-0.2, -0.15) is 0 Å². The van der Waals surface area contributed by atoms with Crippen LogP contribution in [0.1, 0.15) is 36.1 Å². The Morgan fingerprint density at radius 1 is 1.24 bits per heavy atom. The topological polar surface area (TPSA) is 72.1 Å². The average molecular weight is 463 g/mol. The monoisotopic (exact) mass is 462 g/mol. The van der Waals surface area contributed by atoms with Crippen molar-refractivity contribution in [2.24, 2.45) is 5.16 Å². The maximum atomic E-state index is 13.6. The van der Waals surface area contributed by atoms with Crippen molar-refractivity contribution in [2.75, 3.05) is 20.3 Å². The second kappa shape index (κ2) is 8.95. The van der Waals surface area contributed by atoms with Gasteiger partial charge < -0.3 is 24.1 Å². The van der Waals surface area contributed by atoms with E-state index >= 15 is 0 Å². The highest BCUT2D eigenvalue weighted by atomic mass is 19.1. The summed E-state index contributed by atoms with van der Waals surface area (Å²) in [5.41, 5.74) is 3.69. The molecule has 7 nitrogen and oxygen atoms in total. The van der Waals surface area contributed by atoms with E-state index in [0.717, 1.165) is 59.1 Å². The van der Waals surface area contributed by atoms with Crippen molar-refractivity contribution in [2.45, 2.75) is 31.9 Å². The van der Waals surface area contributed by atoms with E-state index in [1.54, 1.807) is 25.6 Å². The predicted molar refractivity (Wildman–Crippen MR) is 127 cm³/mol. The number of hydrogen-bond donors (Lipinski definition) is 1. The average Bonchev–Trinajstić information content (AvgIpc) is 3.45. The van der Waals surface area contributed by atoms with E-state index in [4.69, 9.17) is 9.57 Å². The van der Waals surface area contributed by atoms with Crippen LogP contribution in [0.2, 0.25) is 0 Å². The standard InChI is InChI=1S/C26H27FN4O3/c1-18-16-30(17-28-18)23-10-5-19(15-24(23)33-2)14-20-4-3-12-31-25(20)29-34-26(31,11-13-32)21-6-8-22(27)9-7-21/h5-10,14-17,32H,3-4,11-13H2,1-2H3/b20-14+/t26-/m1/s1. The summed E-state index contributed by atoms with van der Waals surface area (Å²) in [7, 11) is 1.66. The van der Waals surface area contributed by atoms with Crippen LogP contribution in [0.15, 0.2) is 65.7 Å². The molecule has 2 aliphatic rings. The predicted octanol–water partition coefficient (Wildman–Crippen LogP) is 4.39. The number of imidazole rings is 1. The lowest BCUT2D eigenvalue weighted by Gasteiger charge is -2.40. The zero-order chi connectivity index (χ0) is 23.7. The first kappa shape index (κ1) is 22.2. The van der Waals surface area contributed by atoms with Crippen molar-refractivity contribution in [3.05, 3.63) is 83.2 Å². The van der Waals surface area contributed by atoms with Crippen LogP contribution in [0.5, 0.6) is 5.75 Å². The van der Waals surface area contributed by atoms with Crippen molar-refractivity contribution in [1.29, 1.82) is 0 Å². The van der Waals surface area contributed by atoms with E-state index < -0.39 is 5.72 Å². The third-order valence-electron chi connectivity index (χ3n) is 6.37. The number of piperidine rings is 1. The Morgan fingerprint density at radius 2 is 2.06 bits per heavy atom. The highest BCUT2D eigenvalue weighted by molar-refractivity contribution is 6.03. The summed E-state index contributed by atoms with van der Waals surface area (Å²) in [4.78, 5) is 12.4. The summed E-state index contributed by atoms with van der Waals surface area (Å²) in [5, 5.41) is 14.3. The van der Waals surface area contributed by atoms with E-state index in [1.807, 2.05) is 35.9 Å². The van der Waals surface area contributed by atoms with E-state index in [9.17, 15) is 9.50 Å². The number of halogens is 1. The quantitative estimate of drug-likeness (QED) is 0.588. The van der Waals surface area contributed by atoms with Crippen LogP contribution in [0.4, 0.5) is 4.39 Å². The summed E-state index contributed by atoms with van der Waals surface area (Å²) in [6, 6.07) is 12.3. The lowest BCUT2D eigenvalue weighted by atomic mass is 9.92. The smallest absolute Gasteiger partial charge is 0.239 e. The molecular weight excluding hydrogens is 435 g/mol. The molecule has 0 unspecified atom stereocenters. The van der Waals surface area contributed by atoms with E-state index in [2.05, 4.69) is 21.1 Å². The number of aliphatic hydroxyl groups excluding tert-OH is 1. The van der Waals surface area contributed by atoms with E-state index in [1.165, 1.54) is 12.1 Å². The van der Waals surface area contributed by atoms with Crippen LogP contribution in [-0.4, -0.2) is 45.7 Å². The number of benzene rings is 2. The first-order valence-corrected chi connectivity index (χ1v) is 11.3. The van der Waals surface area contributed by atoms with Crippen molar-refractivity contribution < 1.29 is 19.1 Å². The van der Waals surface area contributed by atoms with Gasteiger partial charge in [-0.1, -0.05) is 23.4 Å². The Morgan fingerprint density at radius 3 is 2.76 bits per heavy atom. The van der Waals surface area contributed by atoms with Gasteiger partial charge in [0.15, 0.2) is 5.84 Å². The number of methoxy groups -OCH3 is 1. The molecule has 1 aromatic heterocycles. The van der Waals surface area contributed by atoms with Gasteiger partial charge in [-0.15, -0.1) is 0 Å². The fourth-order valence-corrected chi connectivity index (χ4v) is 4.73. The van der Waals surface area contributed by atoms with Crippen LogP contribution in [0, 0.1) is 12.7 Å². The van der Waals surface area contributed by atoms with Gasteiger partial charge in [-0.3, -0.25) is 0 Å². The number of amidine groups is 1. The molecule has 2 aliphatic heterocycles. The molecule has 0 saturated carbocycles. The molecule has 1 atom stereocenters. The van der Waals surface area contributed by atoms with Crippen LogP contribution in [-0.2, 0) is 10.6 Å². The maximum Gasteiger partial charge on any atom is 0.239 e. The molecule has 0 radical (unpaired) electrons. The van der Waals surface area contributed by atoms with Gasteiger partial charge in [-0.05, 0) is 61.2 Å². The van der Waals surface area contributed by atoms with Crippen molar-refractivity contribution in [3.8, 4) is 11.4 Å². The summed E-state index contributed by atoms with van der Waals surface area (Å²) < 4.78 is 21.2. The number of fused-ring (bicyclic) bond motifs is 1. The van der Waals surface area contributed by atoms with Gasteiger partial charge >= 0.3 is 0 Å². The minimum atomic E-state index is -0.946. The molecule has 0 spiro atoms. The van der Waals surface area contributed by atoms with Gasteiger partial charge in [0, 0.05) is 31.3 Å². The van der Waals surface area contributed by atoms with Gasteiger partial charge in [0.1, 0.15) is 11.6 Å². The van der Waals surface area contributed by atoms with Gasteiger partial charge in [-0.25, -0.2) is 9.37 Å². The Labute approximate surface area is 197 Å². The Hall–Kier alpha value is -3.65. The number of aliphatic hydroxyl groups is 1. The Bertz CT molecular complexity index is 1250. The number of aromatic nitrogens is 2. The minimum absolute atomic E-state index is 0.0812. The number of hydrogen-bond acceptors (Lipinski definition) is 6. The summed E-state index contributed by atoms with van der Waals surface area (Å²) >= 11 is 0. The molecule has 8 heteroatoms. The zero-order valence-corrected chi connectivity index (χ0v) is 19.2. The number of nitrogens with zero attached hydrogens (tertiary/aromatic N) is 4. The second-order valence-corrected chi connectivity index (χ2v) is 8.55. The third kappa shape index (κ3) is 3.84. The molecule has 2 aromatic carbocycles. The number of aryl methyl sites for hydroxylation is 1. The molecule has 34 heavy (non-hydrogen) atoms. The van der Waals surface area contributed by atoms with Gasteiger partial charge in [0.2, 0.25) is 5.72 Å². The number of ether oxygens (including phenoxy) is 1. The fraction of sp³-hybridized carbons (Fsp3) is 0.308. The molecule has 3 heterocycles. The summed E-state index contributed by atoms with van der Waals surface area (Å²) in [6.45, 7) is 2.60. The summed E-state index contributed by atoms with van der Waals surface area (Å²) in [6.07, 6.45) is 7.90. The molecule has 5 rings (SSSR count). The number of rotatable bonds is 6. The molecule has 0 aliphatic carbocycles. The number of oxime groups is 1. The third-order valence-corrected chi connectivity index (χ3v) is 6.37. The van der Waals surface area contributed by atoms with Crippen LogP contribution < -0.4 is 4.74 Å². The van der Waals surface area contributed by atoms with Crippen molar-refractivity contribution in [3.63, 3.8) is 0 Å². The van der Waals surface area contributed by atoms with Crippen LogP contribution in [0.3, 0.4) is 0 Å². The second-order valence-electron chi connectivity index (χ2n) is 8.55. The van der Waals surface area contributed by atoms with Gasteiger partial charge in [0.25, 0.3) is 0 Å². The normalized spacial score (nSPS) is 20.8. The highest BCUT2D eigenvalue weighted by Gasteiger charge is 2.49. The maximum absolute atomic E-state index is 13.6. The van der Waals surface area contributed by atoms with E-state index in [-0.39, 0.29) is 12.4 Å². The lowest BCUT2D eigenvalue weighted by Crippen LogP contribution is -2.49. The lowest BCUT2D eigenvalue weighted by molar-refractivity contribution is -0.119. The molecule has 176 valence electrons. The first-order valence-electron chi connectivity index (χ1n) is 11.3. The van der Waals surface area contributed by atoms with Crippen molar-refractivity contribution >= 4 is 11.9 Å². The molecule has 1 fully saturated rings. The van der Waals surface area contributed by atoms with Gasteiger partial charge in [0.05, 0.1) is 24.8 Å². The Balaban J connectivity index is 1.48. The Kier molecular flexibility index (Phi) is 5.83. The van der Waals surface area contributed by atoms with Crippen LogP contribution >= 0.6 is 0 Å². The summed E-state index contributed by atoms with van der Waals surface area (Å²) in [5.74, 6) is 1.17. The minimum Gasteiger partial charge on any atom is -0.495 e. The van der Waals surface area contributed by atoms with Crippen LogP contribution in [0.25, 0.3) is 11.8 Å². The zero-order valence-electron chi connectivity index (χ0n) is 19.2. The van der Waals surface area contributed by atoms with E-state index in [0.29, 0.717) is 6.42 Å². The molecule has 0 bridgehead atoms. The fourth-order valence-electron chi connectivity index (χ4n) is 4.73. The first-order chi connectivity index (χ1) is 16.5. The SMILES string of the molecule is COc1cc(/C=C2\CCCN3C2=NO[C@]3(CCO)c2ccc(F)cc2)ccc1-n1cnc(C)c1. The molecule has 0 amide bonds. The largest absolute Gasteiger partial charge is 0.495 e. The molecule has 1 saturated heterocycles. The molecular formula is C26H27FN4O3. The van der Waals surface area contributed by atoms with Crippen molar-refractivity contribution in [1.82, 2.24) is 14.5 Å². The molecule has 3 aromatic rings.